The number of nitrogens with one attached hydrogen (secondary N) is 2. The highest BCUT2D eigenvalue weighted by Gasteiger charge is 2.77. The average molecular weight is 554 g/mol. The topological polar surface area (TPSA) is 108 Å². The van der Waals surface area contributed by atoms with E-state index in [0.29, 0.717) is 48.6 Å². The standard InChI is InChI=1S/C30H36ClN3O5/c1-19-11-10-14-21(31)24(19)33-27(37)25-30-16-15-29(2,39-30)22(26(36)32-20-12-6-5-7-13-20)23(30)28(38)34(25)17-8-3-4-9-18-35/h5-7,10-14,22-23,25,35H,3-4,8-9,15-18H2,1-2H3,(H,32,36)(H,33,37)/t22-,23-,25?,29+,30?/m0/s1. The second-order valence-electron chi connectivity index (χ2n) is 11.2. The number of benzene rings is 2. The van der Waals surface area contributed by atoms with Crippen molar-refractivity contribution in [3.8, 4) is 0 Å². The van der Waals surface area contributed by atoms with Crippen LogP contribution in [-0.4, -0.2) is 58.1 Å². The van der Waals surface area contributed by atoms with Crippen LogP contribution in [0.25, 0.3) is 0 Å². The van der Waals surface area contributed by atoms with Gasteiger partial charge in [0.15, 0.2) is 0 Å². The van der Waals surface area contributed by atoms with Crippen LogP contribution in [0.4, 0.5) is 11.4 Å². The number of halogens is 1. The van der Waals surface area contributed by atoms with E-state index in [9.17, 15) is 14.4 Å². The Morgan fingerprint density at radius 1 is 1.03 bits per heavy atom. The molecule has 3 amide bonds. The second kappa shape index (κ2) is 10.9. The molecule has 5 rings (SSSR count). The summed E-state index contributed by atoms with van der Waals surface area (Å²) >= 11 is 6.43. The van der Waals surface area contributed by atoms with E-state index < -0.39 is 29.1 Å². The first-order chi connectivity index (χ1) is 18.7. The first-order valence-corrected chi connectivity index (χ1v) is 14.1. The maximum Gasteiger partial charge on any atom is 0.250 e. The van der Waals surface area contributed by atoms with Gasteiger partial charge in [-0.2, -0.15) is 0 Å². The number of likely N-dealkylation sites (tertiary alicyclic amines) is 1. The number of aryl methyl sites for hydroxylation is 1. The van der Waals surface area contributed by atoms with Gasteiger partial charge >= 0.3 is 0 Å². The number of carbonyl (C=O) groups is 3. The third-order valence-electron chi connectivity index (χ3n) is 8.63. The third-order valence-corrected chi connectivity index (χ3v) is 8.94. The van der Waals surface area contributed by atoms with E-state index in [1.165, 1.54) is 0 Å². The van der Waals surface area contributed by atoms with E-state index in [1.807, 2.05) is 44.2 Å². The van der Waals surface area contributed by atoms with Gasteiger partial charge in [-0.1, -0.05) is 54.8 Å². The molecule has 0 aliphatic carbocycles. The van der Waals surface area contributed by atoms with Crippen molar-refractivity contribution < 1.29 is 24.2 Å². The minimum Gasteiger partial charge on any atom is -0.396 e. The maximum absolute atomic E-state index is 14.1. The van der Waals surface area contributed by atoms with E-state index in [2.05, 4.69) is 10.6 Å². The summed E-state index contributed by atoms with van der Waals surface area (Å²) in [5.41, 5.74) is 0.0164. The zero-order valence-corrected chi connectivity index (χ0v) is 23.2. The van der Waals surface area contributed by atoms with Gasteiger partial charge < -0.3 is 25.4 Å². The molecular weight excluding hydrogens is 518 g/mol. The van der Waals surface area contributed by atoms with Gasteiger partial charge in [0.1, 0.15) is 11.6 Å². The van der Waals surface area contributed by atoms with Gasteiger partial charge in [0, 0.05) is 18.8 Å². The minimum absolute atomic E-state index is 0.126. The molecule has 2 aromatic carbocycles. The Balaban J connectivity index is 1.47. The molecule has 3 N–H and O–H groups in total. The Morgan fingerprint density at radius 2 is 1.77 bits per heavy atom. The summed E-state index contributed by atoms with van der Waals surface area (Å²) in [5, 5.41) is 15.5. The summed E-state index contributed by atoms with van der Waals surface area (Å²) in [6.07, 6.45) is 4.11. The van der Waals surface area contributed by atoms with E-state index in [-0.39, 0.29) is 24.3 Å². The van der Waals surface area contributed by atoms with Crippen molar-refractivity contribution in [2.45, 2.75) is 69.6 Å². The summed E-state index contributed by atoms with van der Waals surface area (Å²) in [5.74, 6) is -2.33. The van der Waals surface area contributed by atoms with Crippen molar-refractivity contribution in [3.63, 3.8) is 0 Å². The molecule has 2 unspecified atom stereocenters. The van der Waals surface area contributed by atoms with Gasteiger partial charge in [-0.15, -0.1) is 0 Å². The minimum atomic E-state index is -1.10. The number of aliphatic hydroxyl groups excluding tert-OH is 1. The second-order valence-corrected chi connectivity index (χ2v) is 11.6. The molecule has 2 aromatic rings. The van der Waals surface area contributed by atoms with Crippen LogP contribution in [0.15, 0.2) is 48.5 Å². The molecule has 0 saturated carbocycles. The lowest BCUT2D eigenvalue weighted by Crippen LogP contribution is -2.53. The highest BCUT2D eigenvalue weighted by molar-refractivity contribution is 6.34. The number of fused-ring (bicyclic) bond motifs is 1. The monoisotopic (exact) mass is 553 g/mol. The van der Waals surface area contributed by atoms with E-state index in [1.54, 1.807) is 23.1 Å². The van der Waals surface area contributed by atoms with E-state index in [0.717, 1.165) is 18.4 Å². The van der Waals surface area contributed by atoms with Gasteiger partial charge in [0.2, 0.25) is 17.7 Å². The Bertz CT molecular complexity index is 1240. The Labute approximate surface area is 234 Å². The largest absolute Gasteiger partial charge is 0.396 e. The van der Waals surface area contributed by atoms with Crippen LogP contribution in [0.2, 0.25) is 5.02 Å². The quantitative estimate of drug-likeness (QED) is 0.374. The van der Waals surface area contributed by atoms with Crippen LogP contribution in [0.5, 0.6) is 0 Å². The number of para-hydroxylation sites is 2. The Morgan fingerprint density at radius 3 is 2.49 bits per heavy atom. The van der Waals surface area contributed by atoms with Crippen LogP contribution < -0.4 is 10.6 Å². The number of unbranched alkanes of at least 4 members (excludes halogenated alkanes) is 3. The van der Waals surface area contributed by atoms with Crippen LogP contribution in [0.1, 0.15) is 51.0 Å². The summed E-state index contributed by atoms with van der Waals surface area (Å²) in [7, 11) is 0. The van der Waals surface area contributed by atoms with Gasteiger partial charge in [0.25, 0.3) is 0 Å². The Kier molecular flexibility index (Phi) is 7.73. The number of anilines is 2. The lowest BCUT2D eigenvalue weighted by molar-refractivity contribution is -0.143. The van der Waals surface area contributed by atoms with Crippen molar-refractivity contribution in [2.75, 3.05) is 23.8 Å². The summed E-state index contributed by atoms with van der Waals surface area (Å²) in [6.45, 7) is 4.24. The van der Waals surface area contributed by atoms with E-state index >= 15 is 0 Å². The number of nitrogens with zero attached hydrogens (tertiary/aromatic N) is 1. The molecule has 3 aliphatic heterocycles. The molecule has 2 bridgehead atoms. The molecule has 208 valence electrons. The molecule has 3 heterocycles. The van der Waals surface area contributed by atoms with E-state index in [4.69, 9.17) is 21.4 Å². The van der Waals surface area contributed by atoms with Crippen molar-refractivity contribution in [2.24, 2.45) is 11.8 Å². The van der Waals surface area contributed by atoms with Crippen molar-refractivity contribution in [3.05, 3.63) is 59.1 Å². The first-order valence-electron chi connectivity index (χ1n) is 13.8. The predicted octanol–water partition coefficient (Wildman–Crippen LogP) is 4.54. The molecule has 3 aliphatic rings. The molecular formula is C30H36ClN3O5. The molecule has 0 radical (unpaired) electrons. The lowest BCUT2D eigenvalue weighted by atomic mass is 9.66. The fourth-order valence-electron chi connectivity index (χ4n) is 6.84. The number of ether oxygens (including phenoxy) is 1. The number of amides is 3. The van der Waals surface area contributed by atoms with Crippen LogP contribution in [0, 0.1) is 18.8 Å². The molecule has 3 fully saturated rings. The number of carbonyl (C=O) groups excluding carboxylic acids is 3. The molecule has 8 nitrogen and oxygen atoms in total. The number of aliphatic hydroxyl groups is 1. The van der Waals surface area contributed by atoms with Crippen LogP contribution >= 0.6 is 11.6 Å². The zero-order chi connectivity index (χ0) is 27.8. The fraction of sp³-hybridized carbons (Fsp3) is 0.500. The van der Waals surface area contributed by atoms with Gasteiger partial charge in [-0.3, -0.25) is 14.4 Å². The summed E-state index contributed by atoms with van der Waals surface area (Å²) in [6, 6.07) is 13.7. The van der Waals surface area contributed by atoms with Crippen LogP contribution in [-0.2, 0) is 19.1 Å². The smallest absolute Gasteiger partial charge is 0.250 e. The Hall–Kier alpha value is -2.94. The van der Waals surface area contributed by atoms with Crippen molar-refractivity contribution >= 4 is 40.7 Å². The lowest BCUT2D eigenvalue weighted by Gasteiger charge is -2.33. The summed E-state index contributed by atoms with van der Waals surface area (Å²) in [4.78, 5) is 43.5. The van der Waals surface area contributed by atoms with Gasteiger partial charge in [0.05, 0.1) is 28.1 Å². The maximum atomic E-state index is 14.1. The molecule has 9 heteroatoms. The van der Waals surface area contributed by atoms with Gasteiger partial charge in [-0.25, -0.2) is 0 Å². The normalized spacial score (nSPS) is 29.0. The van der Waals surface area contributed by atoms with Crippen molar-refractivity contribution in [1.29, 1.82) is 0 Å². The molecule has 1 spiro atoms. The SMILES string of the molecule is Cc1cccc(Cl)c1NC(=O)C1N(CCCCCCO)C(=O)[C@@H]2[C@@H](C(=O)Nc3ccccc3)[C@@]3(C)CCC12O3. The molecule has 5 atom stereocenters. The molecule has 0 aromatic heterocycles. The first kappa shape index (κ1) is 27.6. The number of hydrogen-bond acceptors (Lipinski definition) is 5. The fourth-order valence-corrected chi connectivity index (χ4v) is 7.11. The van der Waals surface area contributed by atoms with Gasteiger partial charge in [-0.05, 0) is 63.3 Å². The molecule has 39 heavy (non-hydrogen) atoms. The average Bonchev–Trinajstić information content (AvgIpc) is 3.47. The van der Waals surface area contributed by atoms with Crippen molar-refractivity contribution in [1.82, 2.24) is 4.90 Å². The highest BCUT2D eigenvalue weighted by Crippen LogP contribution is 2.63. The molecule has 3 saturated heterocycles. The zero-order valence-electron chi connectivity index (χ0n) is 22.4. The predicted molar refractivity (Wildman–Crippen MR) is 149 cm³/mol. The number of rotatable bonds is 10. The third kappa shape index (κ3) is 4.83. The highest BCUT2D eigenvalue weighted by atomic mass is 35.5. The number of hydrogen-bond donors (Lipinski definition) is 3. The summed E-state index contributed by atoms with van der Waals surface area (Å²) < 4.78 is 6.67. The van der Waals surface area contributed by atoms with Crippen LogP contribution in [0.3, 0.4) is 0 Å².